The summed E-state index contributed by atoms with van der Waals surface area (Å²) in [6.07, 6.45) is 17.7. The number of carbonyl (C=O) groups excluding carboxylic acids is 2. The molecule has 6 heteroatoms. The minimum absolute atomic E-state index is 0.0536. The lowest BCUT2D eigenvalue weighted by Gasteiger charge is -2.16. The summed E-state index contributed by atoms with van der Waals surface area (Å²) in [5.74, 6) is -1.21. The summed E-state index contributed by atoms with van der Waals surface area (Å²) in [6.45, 7) is 6.52. The molecular weight excluding hydrogens is 452 g/mol. The maximum absolute atomic E-state index is 12.4. The van der Waals surface area contributed by atoms with Crippen LogP contribution in [-0.4, -0.2) is 28.9 Å². The molecular formula is C30H50N2O4. The number of hydrogen-bond donors (Lipinski definition) is 3. The predicted octanol–water partition coefficient (Wildman–Crippen LogP) is 7.01. The number of unbranched alkanes of at least 4 members (excludes halogenated alkanes) is 12. The molecule has 1 atom stereocenters. The minimum atomic E-state index is -1.03. The molecule has 0 aliphatic carbocycles. The summed E-state index contributed by atoms with van der Waals surface area (Å²) in [5.41, 5.74) is 1.31. The molecule has 1 aromatic rings. The zero-order valence-electron chi connectivity index (χ0n) is 22.9. The average Bonchev–Trinajstić information content (AvgIpc) is 2.85. The molecule has 0 spiro atoms. The van der Waals surface area contributed by atoms with Crippen molar-refractivity contribution in [3.05, 3.63) is 35.4 Å². The van der Waals surface area contributed by atoms with E-state index in [4.69, 9.17) is 0 Å². The van der Waals surface area contributed by atoms with Gasteiger partial charge in [-0.25, -0.2) is 4.79 Å². The van der Waals surface area contributed by atoms with Gasteiger partial charge in [0.15, 0.2) is 0 Å². The zero-order valence-corrected chi connectivity index (χ0v) is 22.9. The Balaban J connectivity index is 2.13. The third-order valence-electron chi connectivity index (χ3n) is 6.52. The van der Waals surface area contributed by atoms with Gasteiger partial charge in [0.1, 0.15) is 6.04 Å². The van der Waals surface area contributed by atoms with Crippen LogP contribution in [0.5, 0.6) is 0 Å². The highest BCUT2D eigenvalue weighted by atomic mass is 16.4. The van der Waals surface area contributed by atoms with Crippen molar-refractivity contribution in [2.24, 2.45) is 5.92 Å². The van der Waals surface area contributed by atoms with Gasteiger partial charge >= 0.3 is 5.97 Å². The van der Waals surface area contributed by atoms with Gasteiger partial charge in [0, 0.05) is 18.5 Å². The molecule has 1 rings (SSSR count). The van der Waals surface area contributed by atoms with Crippen molar-refractivity contribution in [3.8, 4) is 0 Å². The first-order valence-electron chi connectivity index (χ1n) is 14.2. The molecule has 36 heavy (non-hydrogen) atoms. The summed E-state index contributed by atoms with van der Waals surface area (Å²) in [6, 6.07) is 6.01. The first-order valence-corrected chi connectivity index (χ1v) is 14.2. The van der Waals surface area contributed by atoms with E-state index in [-0.39, 0.29) is 11.8 Å². The second-order valence-electron chi connectivity index (χ2n) is 10.5. The van der Waals surface area contributed by atoms with Gasteiger partial charge in [-0.05, 0) is 36.5 Å². The fourth-order valence-corrected chi connectivity index (χ4v) is 4.30. The molecule has 0 fully saturated rings. The number of carboxylic acids is 1. The predicted molar refractivity (Wildman–Crippen MR) is 147 cm³/mol. The van der Waals surface area contributed by atoms with Crippen molar-refractivity contribution < 1.29 is 19.5 Å². The first kappa shape index (κ1) is 31.7. The number of rotatable bonds is 21. The normalized spacial score (nSPS) is 11.9. The second kappa shape index (κ2) is 19.8. The second-order valence-corrected chi connectivity index (χ2v) is 10.5. The average molecular weight is 503 g/mol. The quantitative estimate of drug-likeness (QED) is 0.157. The van der Waals surface area contributed by atoms with Gasteiger partial charge in [-0.2, -0.15) is 0 Å². The highest BCUT2D eigenvalue weighted by Gasteiger charge is 2.21. The number of carboxylic acid groups (broad SMARTS) is 1. The van der Waals surface area contributed by atoms with E-state index in [1.807, 2.05) is 13.8 Å². The molecule has 0 radical (unpaired) electrons. The lowest BCUT2D eigenvalue weighted by molar-refractivity contribution is -0.139. The summed E-state index contributed by atoms with van der Waals surface area (Å²) in [7, 11) is 0. The summed E-state index contributed by atoms with van der Waals surface area (Å²) in [5, 5.41) is 14.8. The maximum atomic E-state index is 12.4. The number of hydrogen-bond acceptors (Lipinski definition) is 3. The highest BCUT2D eigenvalue weighted by molar-refractivity contribution is 5.96. The van der Waals surface area contributed by atoms with Crippen LogP contribution in [-0.2, 0) is 16.1 Å². The lowest BCUT2D eigenvalue weighted by atomic mass is 10.0. The Morgan fingerprint density at radius 2 is 1.28 bits per heavy atom. The molecule has 3 N–H and O–H groups in total. The molecule has 0 aliphatic heterocycles. The number of carbonyl (C=O) groups is 3. The van der Waals surface area contributed by atoms with Crippen LogP contribution in [0, 0.1) is 5.92 Å². The van der Waals surface area contributed by atoms with Crippen LogP contribution in [0.2, 0.25) is 0 Å². The van der Waals surface area contributed by atoms with Crippen molar-refractivity contribution in [2.45, 2.75) is 130 Å². The Bertz CT molecular complexity index is 746. The minimum Gasteiger partial charge on any atom is -0.480 e. The van der Waals surface area contributed by atoms with Crippen molar-refractivity contribution in [2.75, 3.05) is 0 Å². The van der Waals surface area contributed by atoms with Gasteiger partial charge in [-0.15, -0.1) is 0 Å². The molecule has 1 unspecified atom stereocenters. The summed E-state index contributed by atoms with van der Waals surface area (Å²) >= 11 is 0. The molecule has 6 nitrogen and oxygen atoms in total. The lowest BCUT2D eigenvalue weighted by Crippen LogP contribution is -2.41. The van der Waals surface area contributed by atoms with E-state index in [0.717, 1.165) is 18.4 Å². The van der Waals surface area contributed by atoms with E-state index < -0.39 is 17.9 Å². The summed E-state index contributed by atoms with van der Waals surface area (Å²) in [4.78, 5) is 35.9. The molecule has 0 aromatic heterocycles. The van der Waals surface area contributed by atoms with E-state index in [9.17, 15) is 19.5 Å². The first-order chi connectivity index (χ1) is 17.3. The van der Waals surface area contributed by atoms with Crippen molar-refractivity contribution in [1.29, 1.82) is 0 Å². The van der Waals surface area contributed by atoms with E-state index in [0.29, 0.717) is 24.9 Å². The van der Waals surface area contributed by atoms with Crippen LogP contribution < -0.4 is 10.6 Å². The molecule has 204 valence electrons. The number of aliphatic carboxylic acids is 1. The fourth-order valence-electron chi connectivity index (χ4n) is 4.30. The summed E-state index contributed by atoms with van der Waals surface area (Å²) < 4.78 is 0. The molecule has 0 bridgehead atoms. The largest absolute Gasteiger partial charge is 0.480 e. The monoisotopic (exact) mass is 502 g/mol. The standard InChI is InChI=1S/C30H50N2O4/c1-4-5-6-7-8-9-10-11-12-13-14-15-16-17-28(33)31-23-25-18-20-26(21-19-25)29(34)32-27(30(35)36)22-24(2)3/h18-21,24,27H,4-17,22-23H2,1-3H3,(H,31,33)(H,32,34)(H,35,36). The Labute approximate surface area is 219 Å². The van der Waals surface area contributed by atoms with Crippen molar-refractivity contribution in [1.82, 2.24) is 10.6 Å². The van der Waals surface area contributed by atoms with E-state index in [2.05, 4.69) is 17.6 Å². The molecule has 0 aliphatic rings. The SMILES string of the molecule is CCCCCCCCCCCCCCCC(=O)NCc1ccc(C(=O)NC(CC(C)C)C(=O)O)cc1. The Morgan fingerprint density at radius 1 is 0.778 bits per heavy atom. The van der Waals surface area contributed by atoms with Crippen LogP contribution in [0.3, 0.4) is 0 Å². The van der Waals surface area contributed by atoms with Gasteiger partial charge in [0.05, 0.1) is 0 Å². The van der Waals surface area contributed by atoms with E-state index in [1.54, 1.807) is 24.3 Å². The molecule has 0 heterocycles. The van der Waals surface area contributed by atoms with Gasteiger partial charge < -0.3 is 15.7 Å². The van der Waals surface area contributed by atoms with Crippen LogP contribution >= 0.6 is 0 Å². The number of amides is 2. The fraction of sp³-hybridized carbons (Fsp3) is 0.700. The van der Waals surface area contributed by atoms with Crippen molar-refractivity contribution in [3.63, 3.8) is 0 Å². The third kappa shape index (κ3) is 15.6. The smallest absolute Gasteiger partial charge is 0.326 e. The Morgan fingerprint density at radius 3 is 1.75 bits per heavy atom. The van der Waals surface area contributed by atoms with Gasteiger partial charge in [-0.1, -0.05) is 110 Å². The van der Waals surface area contributed by atoms with Crippen LogP contribution in [0.15, 0.2) is 24.3 Å². The molecule has 0 saturated heterocycles. The van der Waals surface area contributed by atoms with Gasteiger partial charge in [-0.3, -0.25) is 9.59 Å². The molecule has 2 amide bonds. The van der Waals surface area contributed by atoms with Crippen LogP contribution in [0.25, 0.3) is 0 Å². The van der Waals surface area contributed by atoms with Crippen LogP contribution in [0.1, 0.15) is 133 Å². The molecule has 1 aromatic carbocycles. The maximum Gasteiger partial charge on any atom is 0.326 e. The Kier molecular flexibility index (Phi) is 17.4. The highest BCUT2D eigenvalue weighted by Crippen LogP contribution is 2.13. The number of benzene rings is 1. The van der Waals surface area contributed by atoms with Crippen LogP contribution in [0.4, 0.5) is 0 Å². The van der Waals surface area contributed by atoms with Crippen molar-refractivity contribution >= 4 is 17.8 Å². The van der Waals surface area contributed by atoms with Gasteiger partial charge in [0.25, 0.3) is 5.91 Å². The number of nitrogens with one attached hydrogen (secondary N) is 2. The third-order valence-corrected chi connectivity index (χ3v) is 6.52. The topological polar surface area (TPSA) is 95.5 Å². The van der Waals surface area contributed by atoms with Gasteiger partial charge in [0.2, 0.25) is 5.91 Å². The van der Waals surface area contributed by atoms with E-state index >= 15 is 0 Å². The Hall–Kier alpha value is -2.37. The molecule has 0 saturated carbocycles. The van der Waals surface area contributed by atoms with E-state index in [1.165, 1.54) is 70.6 Å². The zero-order chi connectivity index (χ0) is 26.6.